The van der Waals surface area contributed by atoms with E-state index in [-0.39, 0.29) is 47.2 Å². The number of rotatable bonds is 5. The van der Waals surface area contributed by atoms with E-state index in [0.29, 0.717) is 12.8 Å². The molecule has 0 unspecified atom stereocenters. The number of piperidine rings is 1. The number of non-ortho nitro benzene ring substituents is 1. The van der Waals surface area contributed by atoms with Crippen LogP contribution in [0.5, 0.6) is 28.7 Å². The molecule has 0 radical (unpaired) electrons. The Morgan fingerprint density at radius 1 is 0.861 bits per heavy atom. The second kappa shape index (κ2) is 9.62. The minimum atomic E-state index is -1.73. The summed E-state index contributed by atoms with van der Waals surface area (Å²) in [5.74, 6) is -1.91. The minimum absolute atomic E-state index is 0.129. The Morgan fingerprint density at radius 3 is 1.81 bits per heavy atom. The van der Waals surface area contributed by atoms with Gasteiger partial charge in [-0.15, -0.1) is 0 Å². The van der Waals surface area contributed by atoms with Crippen LogP contribution in [0.15, 0.2) is 60.7 Å². The molecule has 1 aliphatic rings. The average Bonchev–Trinajstić information content (AvgIpc) is 2.87. The first kappa shape index (κ1) is 24.6. The SMILES string of the molecule is O=C(Oc1ccc([N+](=O)[O-])cc1)N1CCC(C(O)(c2ccc(O)c(O)c2)c2ccc(O)c(O)c2)CC1. The zero-order chi connectivity index (χ0) is 26.0. The second-order valence-corrected chi connectivity index (χ2v) is 8.55. The van der Waals surface area contributed by atoms with Gasteiger partial charge in [0.05, 0.1) is 4.92 Å². The van der Waals surface area contributed by atoms with Gasteiger partial charge in [-0.1, -0.05) is 12.1 Å². The quantitative estimate of drug-likeness (QED) is 0.201. The number of nitro benzene ring substituents is 1. The van der Waals surface area contributed by atoms with E-state index >= 15 is 0 Å². The predicted molar refractivity (Wildman–Crippen MR) is 126 cm³/mol. The summed E-state index contributed by atoms with van der Waals surface area (Å²) in [5.41, 5.74) is -1.34. The maximum Gasteiger partial charge on any atom is 0.415 e. The summed E-state index contributed by atoms with van der Waals surface area (Å²) in [6, 6.07) is 13.0. The van der Waals surface area contributed by atoms with E-state index in [4.69, 9.17) is 4.74 Å². The fraction of sp³-hybridized carbons (Fsp3) is 0.240. The third kappa shape index (κ3) is 4.68. The van der Waals surface area contributed by atoms with Crippen molar-refractivity contribution in [2.45, 2.75) is 18.4 Å². The van der Waals surface area contributed by atoms with Gasteiger partial charge in [0.2, 0.25) is 0 Å². The first-order valence-corrected chi connectivity index (χ1v) is 11.1. The Kier molecular flexibility index (Phi) is 6.58. The lowest BCUT2D eigenvalue weighted by atomic mass is 9.72. The number of aromatic hydroxyl groups is 4. The van der Waals surface area contributed by atoms with Crippen LogP contribution in [0.1, 0.15) is 24.0 Å². The second-order valence-electron chi connectivity index (χ2n) is 8.55. The standard InChI is InChI=1S/C25H24N2O9/c28-20-7-1-16(13-22(20)30)25(33,17-2-8-21(29)23(31)14-17)15-9-11-26(12-10-15)24(32)36-19-5-3-18(4-6-19)27(34)35/h1-8,13-15,28-31,33H,9-12H2. The van der Waals surface area contributed by atoms with Crippen LogP contribution >= 0.6 is 0 Å². The van der Waals surface area contributed by atoms with Crippen LogP contribution in [-0.2, 0) is 5.60 Å². The van der Waals surface area contributed by atoms with E-state index in [9.17, 15) is 40.4 Å². The lowest BCUT2D eigenvalue weighted by molar-refractivity contribution is -0.384. The van der Waals surface area contributed by atoms with Gasteiger partial charge in [-0.2, -0.15) is 0 Å². The number of nitro groups is 1. The molecule has 5 N–H and O–H groups in total. The fourth-order valence-electron chi connectivity index (χ4n) is 4.44. The summed E-state index contributed by atoms with van der Waals surface area (Å²) in [6.07, 6.45) is -0.0139. The van der Waals surface area contributed by atoms with Crippen LogP contribution < -0.4 is 4.74 Å². The van der Waals surface area contributed by atoms with Crippen LogP contribution in [-0.4, -0.2) is 54.5 Å². The topological polar surface area (TPSA) is 174 Å². The minimum Gasteiger partial charge on any atom is -0.504 e. The molecule has 0 bridgehead atoms. The smallest absolute Gasteiger partial charge is 0.415 e. The summed E-state index contributed by atoms with van der Waals surface area (Å²) >= 11 is 0. The number of likely N-dealkylation sites (tertiary alicyclic amines) is 1. The normalized spacial score (nSPS) is 14.4. The zero-order valence-corrected chi connectivity index (χ0v) is 18.9. The summed E-state index contributed by atoms with van der Waals surface area (Å²) in [4.78, 5) is 24.3. The van der Waals surface area contributed by atoms with E-state index in [1.54, 1.807) is 0 Å². The molecule has 0 atom stereocenters. The molecule has 11 nitrogen and oxygen atoms in total. The van der Waals surface area contributed by atoms with Gasteiger partial charge in [0, 0.05) is 25.2 Å². The van der Waals surface area contributed by atoms with Crippen molar-refractivity contribution in [3.8, 4) is 28.7 Å². The molecule has 1 heterocycles. The van der Waals surface area contributed by atoms with Gasteiger partial charge in [0.1, 0.15) is 11.4 Å². The maximum atomic E-state index is 12.6. The third-order valence-electron chi connectivity index (χ3n) is 6.43. The molecule has 36 heavy (non-hydrogen) atoms. The largest absolute Gasteiger partial charge is 0.504 e. The van der Waals surface area contributed by atoms with E-state index in [2.05, 4.69) is 0 Å². The van der Waals surface area contributed by atoms with E-state index < -0.39 is 34.0 Å². The van der Waals surface area contributed by atoms with E-state index in [1.165, 1.54) is 65.6 Å². The Bertz CT molecular complexity index is 1230. The van der Waals surface area contributed by atoms with Crippen LogP contribution in [0.3, 0.4) is 0 Å². The number of benzene rings is 3. The van der Waals surface area contributed by atoms with Crippen LogP contribution in [0.25, 0.3) is 0 Å². The number of carbonyl (C=O) groups is 1. The van der Waals surface area contributed by atoms with Crippen molar-refractivity contribution >= 4 is 11.8 Å². The molecular formula is C25H24N2O9. The van der Waals surface area contributed by atoms with E-state index in [0.717, 1.165) is 0 Å². The predicted octanol–water partition coefficient (Wildman–Crippen LogP) is 3.56. The van der Waals surface area contributed by atoms with Gasteiger partial charge >= 0.3 is 6.09 Å². The first-order valence-electron chi connectivity index (χ1n) is 11.1. The Hall–Kier alpha value is -4.51. The Morgan fingerprint density at radius 2 is 1.36 bits per heavy atom. The van der Waals surface area contributed by atoms with Crippen LogP contribution in [0.2, 0.25) is 0 Å². The number of phenols is 4. The summed E-state index contributed by atoms with van der Waals surface area (Å²) in [7, 11) is 0. The highest BCUT2D eigenvalue weighted by Crippen LogP contribution is 2.45. The van der Waals surface area contributed by atoms with Crippen molar-refractivity contribution in [3.05, 3.63) is 81.9 Å². The molecule has 0 saturated carbocycles. The van der Waals surface area contributed by atoms with Crippen LogP contribution in [0.4, 0.5) is 10.5 Å². The number of nitrogens with zero attached hydrogens (tertiary/aromatic N) is 2. The zero-order valence-electron chi connectivity index (χ0n) is 18.9. The molecule has 3 aromatic rings. The number of carbonyl (C=O) groups excluding carboxylic acids is 1. The van der Waals surface area contributed by atoms with Crippen molar-refractivity contribution in [1.82, 2.24) is 4.90 Å². The summed E-state index contributed by atoms with van der Waals surface area (Å²) in [6.45, 7) is 0.430. The highest BCUT2D eigenvalue weighted by molar-refractivity contribution is 5.71. The lowest BCUT2D eigenvalue weighted by Crippen LogP contribution is -2.46. The average molecular weight is 496 g/mol. The lowest BCUT2D eigenvalue weighted by Gasteiger charge is -2.42. The Balaban J connectivity index is 1.54. The molecule has 0 spiro atoms. The molecule has 1 amide bonds. The molecule has 1 fully saturated rings. The number of phenolic OH excluding ortho intramolecular Hbond substituents is 4. The molecule has 0 aliphatic carbocycles. The first-order chi connectivity index (χ1) is 17.1. The highest BCUT2D eigenvalue weighted by Gasteiger charge is 2.43. The number of aliphatic hydroxyl groups is 1. The van der Waals surface area contributed by atoms with Gasteiger partial charge in [0.25, 0.3) is 5.69 Å². The van der Waals surface area contributed by atoms with Crippen molar-refractivity contribution < 1.29 is 40.0 Å². The van der Waals surface area contributed by atoms with Gasteiger partial charge in [0.15, 0.2) is 23.0 Å². The fourth-order valence-corrected chi connectivity index (χ4v) is 4.44. The molecule has 0 aromatic heterocycles. The Labute approximate surface area is 205 Å². The highest BCUT2D eigenvalue weighted by atomic mass is 16.6. The summed E-state index contributed by atoms with van der Waals surface area (Å²) in [5, 5.41) is 62.3. The number of hydrogen-bond donors (Lipinski definition) is 5. The van der Waals surface area contributed by atoms with Crippen LogP contribution in [0, 0.1) is 16.0 Å². The molecule has 188 valence electrons. The third-order valence-corrected chi connectivity index (χ3v) is 6.43. The molecule has 1 saturated heterocycles. The molecule has 1 aliphatic heterocycles. The molecule has 4 rings (SSSR count). The van der Waals surface area contributed by atoms with Gasteiger partial charge in [-0.3, -0.25) is 10.1 Å². The molecule has 3 aromatic carbocycles. The molecular weight excluding hydrogens is 472 g/mol. The summed E-state index contributed by atoms with van der Waals surface area (Å²) < 4.78 is 5.32. The number of amides is 1. The number of ether oxygens (including phenoxy) is 1. The van der Waals surface area contributed by atoms with E-state index in [1.807, 2.05) is 0 Å². The van der Waals surface area contributed by atoms with Crippen molar-refractivity contribution in [2.75, 3.05) is 13.1 Å². The monoisotopic (exact) mass is 496 g/mol. The van der Waals surface area contributed by atoms with Crippen molar-refractivity contribution in [1.29, 1.82) is 0 Å². The maximum absolute atomic E-state index is 12.6. The van der Waals surface area contributed by atoms with Gasteiger partial charge < -0.3 is 35.2 Å². The van der Waals surface area contributed by atoms with Crippen molar-refractivity contribution in [3.63, 3.8) is 0 Å². The van der Waals surface area contributed by atoms with Gasteiger partial charge in [-0.25, -0.2) is 4.79 Å². The van der Waals surface area contributed by atoms with Gasteiger partial charge in [-0.05, 0) is 66.3 Å². The number of hydrogen-bond acceptors (Lipinski definition) is 9. The molecule has 11 heteroatoms. The van der Waals surface area contributed by atoms with Crippen molar-refractivity contribution in [2.24, 2.45) is 5.92 Å².